The van der Waals surface area contributed by atoms with Crippen LogP contribution in [0.15, 0.2) is 47.4 Å². The Morgan fingerprint density at radius 2 is 1.87 bits per heavy atom. The second-order valence-electron chi connectivity index (χ2n) is 7.44. The lowest BCUT2D eigenvalue weighted by atomic mass is 10.2. The molecule has 1 aliphatic rings. The largest absolute Gasteiger partial charge is 0.495 e. The standard InChI is InChI=1S/C22H28N2O5S/c1-16-6-9-19(10-7-16)30(26,27)24(20-13-17(2)8-11-21(20)28-3)15-22(25)23-14-18-5-4-12-29-18/h6-11,13,18H,4-5,12,14-15H2,1-3H3,(H,23,25). The maximum Gasteiger partial charge on any atom is 0.264 e. The number of hydrogen-bond donors (Lipinski definition) is 1. The number of benzene rings is 2. The van der Waals surface area contributed by atoms with Crippen LogP contribution < -0.4 is 14.4 Å². The molecular weight excluding hydrogens is 404 g/mol. The number of rotatable bonds is 8. The summed E-state index contributed by atoms with van der Waals surface area (Å²) in [5.41, 5.74) is 2.13. The first-order valence-corrected chi connectivity index (χ1v) is 11.4. The van der Waals surface area contributed by atoms with Crippen LogP contribution in [0.1, 0.15) is 24.0 Å². The maximum atomic E-state index is 13.5. The number of aryl methyl sites for hydroxylation is 2. The number of carbonyl (C=O) groups excluding carboxylic acids is 1. The van der Waals surface area contributed by atoms with Crippen molar-refractivity contribution in [3.63, 3.8) is 0 Å². The van der Waals surface area contributed by atoms with Crippen LogP contribution in [0.5, 0.6) is 5.75 Å². The predicted octanol–water partition coefficient (Wildman–Crippen LogP) is 2.80. The topological polar surface area (TPSA) is 84.9 Å². The molecule has 1 fully saturated rings. The van der Waals surface area contributed by atoms with Crippen LogP contribution in [0, 0.1) is 13.8 Å². The molecule has 1 N–H and O–H groups in total. The lowest BCUT2D eigenvalue weighted by molar-refractivity contribution is -0.120. The summed E-state index contributed by atoms with van der Waals surface area (Å²) >= 11 is 0. The van der Waals surface area contributed by atoms with Gasteiger partial charge in [-0.25, -0.2) is 8.42 Å². The normalized spacial score (nSPS) is 16.3. The summed E-state index contributed by atoms with van der Waals surface area (Å²) < 4.78 is 39.0. The van der Waals surface area contributed by atoms with Crippen LogP contribution in [-0.4, -0.2) is 47.2 Å². The van der Waals surface area contributed by atoms with Crippen LogP contribution in [0.4, 0.5) is 5.69 Å². The van der Waals surface area contributed by atoms with Gasteiger partial charge in [0, 0.05) is 13.2 Å². The van der Waals surface area contributed by atoms with Crippen molar-refractivity contribution in [1.29, 1.82) is 0 Å². The van der Waals surface area contributed by atoms with Crippen LogP contribution >= 0.6 is 0 Å². The lowest BCUT2D eigenvalue weighted by Crippen LogP contribution is -2.43. The molecule has 8 heteroatoms. The molecule has 0 spiro atoms. The number of anilines is 1. The Kier molecular flexibility index (Phi) is 6.99. The zero-order chi connectivity index (χ0) is 21.7. The Morgan fingerprint density at radius 3 is 2.50 bits per heavy atom. The third-order valence-electron chi connectivity index (χ3n) is 5.05. The second-order valence-corrected chi connectivity index (χ2v) is 9.30. The van der Waals surface area contributed by atoms with Gasteiger partial charge in [0.15, 0.2) is 0 Å². The maximum absolute atomic E-state index is 13.5. The van der Waals surface area contributed by atoms with Gasteiger partial charge in [-0.2, -0.15) is 0 Å². The van der Waals surface area contributed by atoms with Crippen molar-refractivity contribution < 1.29 is 22.7 Å². The minimum atomic E-state index is -3.99. The van der Waals surface area contributed by atoms with E-state index in [2.05, 4.69) is 5.32 Å². The lowest BCUT2D eigenvalue weighted by Gasteiger charge is -2.26. The minimum Gasteiger partial charge on any atom is -0.495 e. The van der Waals surface area contributed by atoms with Gasteiger partial charge < -0.3 is 14.8 Å². The molecule has 3 rings (SSSR count). The fourth-order valence-corrected chi connectivity index (χ4v) is 4.77. The number of sulfonamides is 1. The SMILES string of the molecule is COc1ccc(C)cc1N(CC(=O)NCC1CCCO1)S(=O)(=O)c1ccc(C)cc1. The van der Waals surface area contributed by atoms with E-state index in [0.29, 0.717) is 24.6 Å². The van der Waals surface area contributed by atoms with Crippen molar-refractivity contribution in [3.8, 4) is 5.75 Å². The van der Waals surface area contributed by atoms with Crippen LogP contribution in [-0.2, 0) is 19.6 Å². The van der Waals surface area contributed by atoms with Gasteiger partial charge in [0.2, 0.25) is 5.91 Å². The number of nitrogens with zero attached hydrogens (tertiary/aromatic N) is 1. The number of carbonyl (C=O) groups is 1. The third kappa shape index (κ3) is 5.12. The van der Waals surface area contributed by atoms with E-state index < -0.39 is 15.9 Å². The molecular formula is C22H28N2O5S. The highest BCUT2D eigenvalue weighted by Gasteiger charge is 2.30. The molecule has 0 radical (unpaired) electrons. The summed E-state index contributed by atoms with van der Waals surface area (Å²) in [5, 5.41) is 2.80. The zero-order valence-corrected chi connectivity index (χ0v) is 18.4. The average molecular weight is 433 g/mol. The number of ether oxygens (including phenoxy) is 2. The third-order valence-corrected chi connectivity index (χ3v) is 6.82. The van der Waals surface area contributed by atoms with E-state index in [4.69, 9.17) is 9.47 Å². The average Bonchev–Trinajstić information content (AvgIpc) is 3.24. The van der Waals surface area contributed by atoms with Crippen LogP contribution in [0.25, 0.3) is 0 Å². The van der Waals surface area contributed by atoms with Gasteiger partial charge in [-0.05, 0) is 56.5 Å². The molecule has 1 unspecified atom stereocenters. The van der Waals surface area contributed by atoms with E-state index in [1.54, 1.807) is 36.4 Å². The van der Waals surface area contributed by atoms with E-state index in [1.807, 2.05) is 19.9 Å². The van der Waals surface area contributed by atoms with Crippen molar-refractivity contribution in [1.82, 2.24) is 5.32 Å². The molecule has 1 amide bonds. The Balaban J connectivity index is 1.93. The van der Waals surface area contributed by atoms with Gasteiger partial charge in [-0.15, -0.1) is 0 Å². The van der Waals surface area contributed by atoms with E-state index in [9.17, 15) is 13.2 Å². The smallest absolute Gasteiger partial charge is 0.264 e. The summed E-state index contributed by atoms with van der Waals surface area (Å²) in [6.07, 6.45) is 1.83. The van der Waals surface area contributed by atoms with Gasteiger partial charge in [0.05, 0.1) is 23.8 Å². The molecule has 0 saturated carbocycles. The summed E-state index contributed by atoms with van der Waals surface area (Å²) in [6.45, 7) is 4.44. The monoisotopic (exact) mass is 432 g/mol. The van der Waals surface area contributed by atoms with Crippen LogP contribution in [0.3, 0.4) is 0 Å². The second kappa shape index (κ2) is 9.49. The number of hydrogen-bond acceptors (Lipinski definition) is 5. The molecule has 0 aliphatic carbocycles. The number of amides is 1. The summed E-state index contributed by atoms with van der Waals surface area (Å²) in [5.74, 6) is -0.0204. The highest BCUT2D eigenvalue weighted by atomic mass is 32.2. The van der Waals surface area contributed by atoms with Crippen molar-refractivity contribution >= 4 is 21.6 Å². The minimum absolute atomic E-state index is 0.0235. The highest BCUT2D eigenvalue weighted by molar-refractivity contribution is 7.92. The first kappa shape index (κ1) is 22.1. The Morgan fingerprint density at radius 1 is 1.17 bits per heavy atom. The van der Waals surface area contributed by atoms with E-state index in [0.717, 1.165) is 28.3 Å². The summed E-state index contributed by atoms with van der Waals surface area (Å²) in [7, 11) is -2.52. The van der Waals surface area contributed by atoms with Gasteiger partial charge >= 0.3 is 0 Å². The van der Waals surface area contributed by atoms with Crippen molar-refractivity contribution in [2.45, 2.75) is 37.7 Å². The fourth-order valence-electron chi connectivity index (χ4n) is 3.35. The predicted molar refractivity (Wildman–Crippen MR) is 115 cm³/mol. The quantitative estimate of drug-likeness (QED) is 0.693. The van der Waals surface area contributed by atoms with Gasteiger partial charge in [-0.3, -0.25) is 9.10 Å². The molecule has 2 aromatic carbocycles. The molecule has 1 heterocycles. The van der Waals surface area contributed by atoms with Gasteiger partial charge in [0.1, 0.15) is 12.3 Å². The molecule has 0 aromatic heterocycles. The van der Waals surface area contributed by atoms with Crippen LogP contribution in [0.2, 0.25) is 0 Å². The molecule has 2 aromatic rings. The number of nitrogens with one attached hydrogen (secondary N) is 1. The Labute approximate surface area is 178 Å². The van der Waals surface area contributed by atoms with Crippen molar-refractivity contribution in [2.75, 3.05) is 31.1 Å². The molecule has 1 atom stereocenters. The van der Waals surface area contributed by atoms with E-state index >= 15 is 0 Å². The molecule has 1 aliphatic heterocycles. The zero-order valence-electron chi connectivity index (χ0n) is 17.6. The van der Waals surface area contributed by atoms with E-state index in [-0.39, 0.29) is 17.5 Å². The van der Waals surface area contributed by atoms with Crippen molar-refractivity contribution in [3.05, 3.63) is 53.6 Å². The van der Waals surface area contributed by atoms with Gasteiger partial charge in [0.25, 0.3) is 10.0 Å². The van der Waals surface area contributed by atoms with E-state index in [1.165, 1.54) is 7.11 Å². The molecule has 162 valence electrons. The Hall–Kier alpha value is -2.58. The van der Waals surface area contributed by atoms with Crippen molar-refractivity contribution in [2.24, 2.45) is 0 Å². The Bertz CT molecular complexity index is 983. The van der Waals surface area contributed by atoms with Gasteiger partial charge in [-0.1, -0.05) is 23.8 Å². The summed E-state index contributed by atoms with van der Waals surface area (Å²) in [4.78, 5) is 12.8. The fraction of sp³-hybridized carbons (Fsp3) is 0.409. The summed E-state index contributed by atoms with van der Waals surface area (Å²) in [6, 6.07) is 11.8. The number of methoxy groups -OCH3 is 1. The highest BCUT2D eigenvalue weighted by Crippen LogP contribution is 2.33. The molecule has 1 saturated heterocycles. The molecule has 7 nitrogen and oxygen atoms in total. The molecule has 0 bridgehead atoms. The first-order chi connectivity index (χ1) is 14.3. The first-order valence-electron chi connectivity index (χ1n) is 9.93. The molecule has 30 heavy (non-hydrogen) atoms.